The fraction of sp³-hybridized carbons (Fsp3) is 0.840. The van der Waals surface area contributed by atoms with Crippen LogP contribution in [0.25, 0.3) is 0 Å². The summed E-state index contributed by atoms with van der Waals surface area (Å²) in [7, 11) is 0. The van der Waals surface area contributed by atoms with E-state index in [1.807, 2.05) is 0 Å². The predicted octanol–water partition coefficient (Wildman–Crippen LogP) is 17.7. The summed E-state index contributed by atoms with van der Waals surface area (Å²) in [6.07, 6.45) is 72.3. The molecule has 12 unspecified atom stereocenters. The molecule has 0 aromatic rings. The second-order valence-corrected chi connectivity index (χ2v) is 27.8. The Morgan fingerprint density at radius 2 is 0.726 bits per heavy atom. The summed E-state index contributed by atoms with van der Waals surface area (Å²) in [5.74, 6) is -0.201. The molecule has 0 aromatic carbocycles. The van der Waals surface area contributed by atoms with E-state index < -0.39 is 86.8 Å². The number of carbonyl (C=O) groups is 1. The molecule has 0 aliphatic carbocycles. The lowest BCUT2D eigenvalue weighted by Crippen LogP contribution is -2.65. The van der Waals surface area contributed by atoms with E-state index in [2.05, 4.69) is 92.1 Å². The Morgan fingerprint density at radius 1 is 0.389 bits per heavy atom. The van der Waals surface area contributed by atoms with Gasteiger partial charge in [-0.15, -0.1) is 0 Å². The van der Waals surface area contributed by atoms with Crippen LogP contribution >= 0.6 is 0 Å². The third-order valence-electron chi connectivity index (χ3n) is 19.2. The average molecular weight is 1340 g/mol. The van der Waals surface area contributed by atoms with Crippen molar-refractivity contribution in [1.29, 1.82) is 0 Å². The lowest BCUT2D eigenvalue weighted by molar-refractivity contribution is -0.359. The molecule has 0 spiro atoms. The van der Waals surface area contributed by atoms with Gasteiger partial charge in [-0.2, -0.15) is 0 Å². The van der Waals surface area contributed by atoms with Crippen molar-refractivity contribution in [3.8, 4) is 0 Å². The summed E-state index contributed by atoms with van der Waals surface area (Å²) in [5.41, 5.74) is 0. The number of ether oxygens (including phenoxy) is 4. The van der Waals surface area contributed by atoms with E-state index in [0.29, 0.717) is 12.8 Å². The summed E-state index contributed by atoms with van der Waals surface area (Å²) in [5, 5.41) is 87.8. The molecule has 95 heavy (non-hydrogen) atoms. The maximum atomic E-state index is 13.4. The Balaban J connectivity index is 1.56. The summed E-state index contributed by atoms with van der Waals surface area (Å²) >= 11 is 0. The highest BCUT2D eigenvalue weighted by Gasteiger charge is 2.51. The van der Waals surface area contributed by atoms with Gasteiger partial charge in [-0.3, -0.25) is 4.79 Å². The quantitative estimate of drug-likeness (QED) is 0.0204. The van der Waals surface area contributed by atoms with Gasteiger partial charge in [0.1, 0.15) is 48.8 Å². The molecule has 2 aliphatic heterocycles. The number of hydrogen-bond donors (Lipinski definition) is 9. The Kier molecular flexibility index (Phi) is 60.4. The van der Waals surface area contributed by atoms with Crippen LogP contribution in [0.3, 0.4) is 0 Å². The van der Waals surface area contributed by atoms with Crippen molar-refractivity contribution in [2.24, 2.45) is 0 Å². The molecule has 0 saturated carbocycles. The van der Waals surface area contributed by atoms with Gasteiger partial charge in [-0.1, -0.05) is 344 Å². The van der Waals surface area contributed by atoms with Gasteiger partial charge in [-0.25, -0.2) is 0 Å². The summed E-state index contributed by atoms with van der Waals surface area (Å²) in [6.45, 7) is 2.79. The van der Waals surface area contributed by atoms with Crippen LogP contribution in [0.4, 0.5) is 0 Å². The Morgan fingerprint density at radius 3 is 1.12 bits per heavy atom. The molecule has 2 aliphatic rings. The molecule has 9 N–H and O–H groups in total. The number of aliphatic hydroxyl groups is 8. The van der Waals surface area contributed by atoms with Gasteiger partial charge in [0.15, 0.2) is 12.6 Å². The highest BCUT2D eigenvalue weighted by atomic mass is 16.7. The molecule has 14 heteroatoms. The molecule has 554 valence electrons. The van der Waals surface area contributed by atoms with Crippen molar-refractivity contribution < 1.29 is 64.6 Å². The number of aliphatic hydroxyl groups excluding tert-OH is 8. The minimum Gasteiger partial charge on any atom is -0.394 e. The van der Waals surface area contributed by atoms with E-state index in [0.717, 1.165) is 89.9 Å². The van der Waals surface area contributed by atoms with Gasteiger partial charge < -0.3 is 65.1 Å². The molecular weight excluding hydrogens is 1190 g/mol. The number of nitrogens with one attached hydrogen (secondary N) is 1. The minimum atomic E-state index is -1.78. The second-order valence-electron chi connectivity index (χ2n) is 27.8. The fourth-order valence-electron chi connectivity index (χ4n) is 13.0. The van der Waals surface area contributed by atoms with E-state index in [1.165, 1.54) is 225 Å². The Labute approximate surface area is 580 Å². The topological polar surface area (TPSA) is 228 Å². The lowest BCUT2D eigenvalue weighted by Gasteiger charge is -2.46. The Hall–Kier alpha value is -2.57. The first kappa shape index (κ1) is 88.5. The zero-order valence-electron chi connectivity index (χ0n) is 60.7. The normalized spacial score (nSPS) is 22.7. The third-order valence-corrected chi connectivity index (χ3v) is 19.2. The van der Waals surface area contributed by atoms with Crippen LogP contribution in [-0.4, -0.2) is 140 Å². The average Bonchev–Trinajstić information content (AvgIpc) is 0.897. The largest absolute Gasteiger partial charge is 0.394 e. The summed E-state index contributed by atoms with van der Waals surface area (Å²) in [6, 6.07) is -0.830. The number of amides is 1. The number of rotatable bonds is 66. The van der Waals surface area contributed by atoms with Crippen molar-refractivity contribution in [3.63, 3.8) is 0 Å². The van der Waals surface area contributed by atoms with Crippen molar-refractivity contribution in [2.45, 2.75) is 415 Å². The molecule has 2 heterocycles. The highest BCUT2D eigenvalue weighted by molar-refractivity contribution is 5.76. The van der Waals surface area contributed by atoms with Gasteiger partial charge in [0, 0.05) is 6.42 Å². The summed E-state index contributed by atoms with van der Waals surface area (Å²) in [4.78, 5) is 13.4. The fourth-order valence-corrected chi connectivity index (χ4v) is 13.0. The molecule has 0 radical (unpaired) electrons. The number of hydrogen-bond acceptors (Lipinski definition) is 13. The molecule has 2 rings (SSSR count). The standard InChI is InChI=1S/C81H147NO13/c1-3-5-7-9-11-13-15-17-19-21-23-25-26-27-28-29-30-31-32-33-34-35-36-37-38-39-40-41-42-43-44-45-47-49-51-53-55-57-59-61-63-65-73(86)82-69(70(85)64-62-60-58-56-54-52-50-48-46-24-22-20-18-16-14-12-10-8-6-4-2)68-92-80-78(91)76(89)79(72(67-84)94-80)95-81-77(90)75(88)74(87)71(66-83)93-81/h5,7,11,13,17,19,23,25,27-28,30-31,69-72,74-81,83-85,87-91H,3-4,6,8-10,12,14-16,18,20-22,24,26,29,32-68H2,1-2H3,(H,82,86)/b7-5-,13-11-,19-17-,25-23-,28-27-,31-30-. The van der Waals surface area contributed by atoms with Crippen LogP contribution in [0.5, 0.6) is 0 Å². The number of unbranched alkanes of at least 4 members (excludes halogenated alkanes) is 41. The van der Waals surface area contributed by atoms with E-state index >= 15 is 0 Å². The maximum Gasteiger partial charge on any atom is 0.220 e. The van der Waals surface area contributed by atoms with Gasteiger partial charge in [0.05, 0.1) is 32.0 Å². The van der Waals surface area contributed by atoms with Gasteiger partial charge in [0.25, 0.3) is 0 Å². The van der Waals surface area contributed by atoms with Crippen molar-refractivity contribution in [1.82, 2.24) is 5.32 Å². The highest BCUT2D eigenvalue weighted by Crippen LogP contribution is 2.30. The van der Waals surface area contributed by atoms with Crippen LogP contribution in [0.15, 0.2) is 72.9 Å². The Bertz CT molecular complexity index is 1870. The monoisotopic (exact) mass is 1340 g/mol. The van der Waals surface area contributed by atoms with Crippen LogP contribution in [0.2, 0.25) is 0 Å². The van der Waals surface area contributed by atoms with Crippen molar-refractivity contribution >= 4 is 5.91 Å². The molecule has 0 bridgehead atoms. The minimum absolute atomic E-state index is 0.201. The smallest absolute Gasteiger partial charge is 0.220 e. The number of allylic oxidation sites excluding steroid dienone is 12. The SMILES string of the molecule is CC/C=C\C/C=C\C/C=C\C/C=C\C/C=C\C/C=C\CCCCCCCCCCCCCCCCCCCCCCCCC(=O)NC(COC1OC(CO)C(OC2OC(CO)C(O)C(O)C2O)C(O)C1O)C(O)CCCCCCCCCCCCCCCCCCCCCC. The van der Waals surface area contributed by atoms with Crippen LogP contribution in [-0.2, 0) is 23.7 Å². The van der Waals surface area contributed by atoms with Crippen LogP contribution in [0.1, 0.15) is 341 Å². The first-order chi connectivity index (χ1) is 46.6. The second kappa shape index (κ2) is 64.8. The molecule has 2 saturated heterocycles. The first-order valence-corrected chi connectivity index (χ1v) is 39.7. The maximum absolute atomic E-state index is 13.4. The van der Waals surface area contributed by atoms with E-state index in [9.17, 15) is 45.6 Å². The number of carbonyl (C=O) groups excluding carboxylic acids is 1. The van der Waals surface area contributed by atoms with E-state index in [1.54, 1.807) is 0 Å². The van der Waals surface area contributed by atoms with Crippen LogP contribution < -0.4 is 5.32 Å². The van der Waals surface area contributed by atoms with E-state index in [-0.39, 0.29) is 12.5 Å². The van der Waals surface area contributed by atoms with Crippen molar-refractivity contribution in [3.05, 3.63) is 72.9 Å². The molecule has 0 aromatic heterocycles. The van der Waals surface area contributed by atoms with Crippen LogP contribution in [0, 0.1) is 0 Å². The lowest BCUT2D eigenvalue weighted by atomic mass is 9.97. The van der Waals surface area contributed by atoms with Gasteiger partial charge in [0.2, 0.25) is 5.91 Å². The van der Waals surface area contributed by atoms with Gasteiger partial charge >= 0.3 is 0 Å². The predicted molar refractivity (Wildman–Crippen MR) is 392 cm³/mol. The molecule has 1 amide bonds. The zero-order chi connectivity index (χ0) is 68.7. The van der Waals surface area contributed by atoms with Crippen molar-refractivity contribution in [2.75, 3.05) is 19.8 Å². The third kappa shape index (κ3) is 48.0. The first-order valence-electron chi connectivity index (χ1n) is 39.7. The molecule has 12 atom stereocenters. The van der Waals surface area contributed by atoms with E-state index in [4.69, 9.17) is 18.9 Å². The summed E-state index contributed by atoms with van der Waals surface area (Å²) < 4.78 is 23.0. The van der Waals surface area contributed by atoms with Gasteiger partial charge in [-0.05, 0) is 64.2 Å². The molecular formula is C81H147NO13. The molecule has 14 nitrogen and oxygen atoms in total. The zero-order valence-corrected chi connectivity index (χ0v) is 60.7. The molecule has 2 fully saturated rings.